The topological polar surface area (TPSA) is 76.7 Å². The second kappa shape index (κ2) is 14.3. The van der Waals surface area contributed by atoms with Gasteiger partial charge in [0.05, 0.1) is 25.3 Å². The zero-order valence-electron chi connectivity index (χ0n) is 18.5. The first-order chi connectivity index (χ1) is 13.8. The molecule has 2 saturated heterocycles. The maximum atomic E-state index is 12.0. The number of Topliss-reactive ketones (excluding diaryl/α,β-unsaturated/α-hetero) is 1. The van der Waals surface area contributed by atoms with Gasteiger partial charge in [-0.15, -0.1) is 0 Å². The van der Waals surface area contributed by atoms with Gasteiger partial charge in [-0.05, 0) is 37.5 Å². The van der Waals surface area contributed by atoms with Gasteiger partial charge >= 0.3 is 6.03 Å². The standard InChI is InChI=1S/C22H40N2O4S.CH4/c1-22(2,3)11-7-13-28-15-14-27-12-6-9-17(25)8-4-5-10-19-20-18(16-29-19)23-21(26)24-20;/h18-20H,4-16H2,1-3H3,(H2,23,24,26);1H4. The largest absolute Gasteiger partial charge is 0.379 e. The Kier molecular flexibility index (Phi) is 13.0. The molecule has 2 fully saturated rings. The summed E-state index contributed by atoms with van der Waals surface area (Å²) in [5.41, 5.74) is 0.371. The van der Waals surface area contributed by atoms with E-state index in [9.17, 15) is 9.59 Å². The van der Waals surface area contributed by atoms with E-state index in [1.165, 1.54) is 6.42 Å². The van der Waals surface area contributed by atoms with Crippen molar-refractivity contribution in [2.45, 2.75) is 96.9 Å². The van der Waals surface area contributed by atoms with Crippen LogP contribution in [-0.4, -0.2) is 61.3 Å². The maximum Gasteiger partial charge on any atom is 0.315 e. The van der Waals surface area contributed by atoms with Crippen LogP contribution in [0.1, 0.15) is 79.6 Å². The summed E-state index contributed by atoms with van der Waals surface area (Å²) in [6.07, 6.45) is 7.38. The number of hydrogen-bond donors (Lipinski definition) is 2. The minimum atomic E-state index is -0.0326. The molecular weight excluding hydrogens is 400 g/mol. The summed E-state index contributed by atoms with van der Waals surface area (Å²) in [5, 5.41) is 6.47. The molecule has 2 N–H and O–H groups in total. The number of rotatable bonds is 15. The zero-order valence-corrected chi connectivity index (χ0v) is 19.3. The van der Waals surface area contributed by atoms with Gasteiger partial charge in [0.2, 0.25) is 0 Å². The molecule has 0 aliphatic carbocycles. The van der Waals surface area contributed by atoms with Gasteiger partial charge in [-0.2, -0.15) is 11.8 Å². The van der Waals surface area contributed by atoms with Crippen LogP contribution in [0.5, 0.6) is 0 Å². The lowest BCUT2D eigenvalue weighted by atomic mass is 9.91. The molecule has 0 bridgehead atoms. The monoisotopic (exact) mass is 444 g/mol. The Morgan fingerprint density at radius 3 is 2.37 bits per heavy atom. The number of hydrogen-bond acceptors (Lipinski definition) is 5. The molecule has 2 aliphatic rings. The summed E-state index contributed by atoms with van der Waals surface area (Å²) >= 11 is 1.93. The number of carbonyl (C=O) groups is 2. The average molecular weight is 445 g/mol. The van der Waals surface area contributed by atoms with Gasteiger partial charge in [0, 0.05) is 37.1 Å². The smallest absolute Gasteiger partial charge is 0.315 e. The van der Waals surface area contributed by atoms with Crippen molar-refractivity contribution in [3.63, 3.8) is 0 Å². The lowest BCUT2D eigenvalue weighted by Crippen LogP contribution is -2.36. The van der Waals surface area contributed by atoms with E-state index in [4.69, 9.17) is 9.47 Å². The minimum absolute atomic E-state index is 0. The molecule has 0 radical (unpaired) electrons. The molecule has 0 spiro atoms. The van der Waals surface area contributed by atoms with E-state index in [0.717, 1.165) is 44.5 Å². The SMILES string of the molecule is C.CC(C)(C)CCCOCCOCCCC(=O)CCCCC1SCC2NC(=O)NC21. The highest BCUT2D eigenvalue weighted by atomic mass is 32.2. The second-order valence-electron chi connectivity index (χ2n) is 9.40. The zero-order chi connectivity index (χ0) is 21.1. The van der Waals surface area contributed by atoms with E-state index in [-0.39, 0.29) is 25.5 Å². The van der Waals surface area contributed by atoms with Crippen molar-refractivity contribution in [3.8, 4) is 0 Å². The molecule has 0 aromatic heterocycles. The van der Waals surface area contributed by atoms with Crippen LogP contribution < -0.4 is 10.6 Å². The van der Waals surface area contributed by atoms with E-state index in [1.54, 1.807) is 0 Å². The molecule has 0 aromatic carbocycles. The number of carbonyl (C=O) groups excluding carboxylic acids is 2. The first-order valence-corrected chi connectivity index (χ1v) is 12.3. The Morgan fingerprint density at radius 1 is 1.00 bits per heavy atom. The maximum absolute atomic E-state index is 12.0. The average Bonchev–Trinajstić information content (AvgIpc) is 3.19. The fourth-order valence-electron chi connectivity index (χ4n) is 3.83. The van der Waals surface area contributed by atoms with Gasteiger partial charge in [-0.3, -0.25) is 4.79 Å². The predicted octanol–water partition coefficient (Wildman–Crippen LogP) is 4.56. The molecule has 7 heteroatoms. The van der Waals surface area contributed by atoms with Crippen LogP contribution in [0.3, 0.4) is 0 Å². The molecule has 3 atom stereocenters. The molecule has 2 aliphatic heterocycles. The van der Waals surface area contributed by atoms with Crippen LogP contribution in [0.15, 0.2) is 0 Å². The number of fused-ring (bicyclic) bond motifs is 1. The summed E-state index contributed by atoms with van der Waals surface area (Å²) in [7, 11) is 0. The minimum Gasteiger partial charge on any atom is -0.379 e. The third-order valence-corrected chi connectivity index (χ3v) is 6.97. The van der Waals surface area contributed by atoms with Crippen LogP contribution in [-0.2, 0) is 14.3 Å². The third-order valence-electron chi connectivity index (χ3n) is 5.46. The Balaban J connectivity index is 0.00000450. The van der Waals surface area contributed by atoms with Gasteiger partial charge in [-0.25, -0.2) is 4.79 Å². The van der Waals surface area contributed by atoms with Crippen LogP contribution in [0, 0.1) is 5.41 Å². The van der Waals surface area contributed by atoms with E-state index in [2.05, 4.69) is 31.4 Å². The Labute approximate surface area is 188 Å². The molecular formula is C23H44N2O4S. The van der Waals surface area contributed by atoms with E-state index in [0.29, 0.717) is 49.1 Å². The highest BCUT2D eigenvalue weighted by Gasteiger charge is 2.42. The quantitative estimate of drug-likeness (QED) is 0.286. The lowest BCUT2D eigenvalue weighted by molar-refractivity contribution is -0.119. The molecule has 0 aromatic rings. The molecule has 176 valence electrons. The molecule has 30 heavy (non-hydrogen) atoms. The van der Waals surface area contributed by atoms with Gasteiger partial charge in [0.1, 0.15) is 5.78 Å². The van der Waals surface area contributed by atoms with Gasteiger partial charge in [0.25, 0.3) is 0 Å². The fraction of sp³-hybridized carbons (Fsp3) is 0.913. The number of ketones is 1. The summed E-state index contributed by atoms with van der Waals surface area (Å²) in [6, 6.07) is 0.519. The van der Waals surface area contributed by atoms with E-state index < -0.39 is 0 Å². The summed E-state index contributed by atoms with van der Waals surface area (Å²) in [4.78, 5) is 23.4. The molecule has 3 unspecified atom stereocenters. The number of unbranched alkanes of at least 4 members (excludes halogenated alkanes) is 1. The van der Waals surface area contributed by atoms with Crippen molar-refractivity contribution in [2.75, 3.05) is 32.2 Å². The Hall–Kier alpha value is -0.790. The normalized spacial score (nSPS) is 22.9. The number of nitrogens with one attached hydrogen (secondary N) is 2. The molecule has 2 heterocycles. The summed E-state index contributed by atoms with van der Waals surface area (Å²) < 4.78 is 11.1. The van der Waals surface area contributed by atoms with Crippen LogP contribution in [0.2, 0.25) is 0 Å². The number of ether oxygens (including phenoxy) is 2. The fourth-order valence-corrected chi connectivity index (χ4v) is 5.38. The van der Waals surface area contributed by atoms with Crippen LogP contribution in [0.25, 0.3) is 0 Å². The van der Waals surface area contributed by atoms with Crippen molar-refractivity contribution in [1.29, 1.82) is 0 Å². The van der Waals surface area contributed by atoms with Crippen LogP contribution >= 0.6 is 11.8 Å². The van der Waals surface area contributed by atoms with Crippen molar-refractivity contribution >= 4 is 23.6 Å². The van der Waals surface area contributed by atoms with Crippen molar-refractivity contribution < 1.29 is 19.1 Å². The second-order valence-corrected chi connectivity index (χ2v) is 10.7. The van der Waals surface area contributed by atoms with Gasteiger partial charge in [0.15, 0.2) is 0 Å². The highest BCUT2D eigenvalue weighted by Crippen LogP contribution is 2.33. The summed E-state index contributed by atoms with van der Waals surface area (Å²) in [6.45, 7) is 9.40. The Morgan fingerprint density at radius 2 is 1.67 bits per heavy atom. The number of amides is 2. The predicted molar refractivity (Wildman–Crippen MR) is 125 cm³/mol. The first kappa shape index (κ1) is 27.2. The van der Waals surface area contributed by atoms with Crippen molar-refractivity contribution in [2.24, 2.45) is 5.41 Å². The lowest BCUT2D eigenvalue weighted by Gasteiger charge is -2.17. The van der Waals surface area contributed by atoms with Gasteiger partial charge < -0.3 is 20.1 Å². The molecule has 0 saturated carbocycles. The third kappa shape index (κ3) is 11.0. The van der Waals surface area contributed by atoms with Crippen LogP contribution in [0.4, 0.5) is 4.79 Å². The molecule has 6 nitrogen and oxygen atoms in total. The highest BCUT2D eigenvalue weighted by molar-refractivity contribution is 8.00. The van der Waals surface area contributed by atoms with E-state index in [1.807, 2.05) is 11.8 Å². The first-order valence-electron chi connectivity index (χ1n) is 11.2. The number of thioether (sulfide) groups is 1. The Bertz CT molecular complexity index is 510. The van der Waals surface area contributed by atoms with Gasteiger partial charge in [-0.1, -0.05) is 34.6 Å². The van der Waals surface area contributed by atoms with E-state index >= 15 is 0 Å². The molecule has 2 amide bonds. The molecule has 2 rings (SSSR count). The number of urea groups is 1. The van der Waals surface area contributed by atoms with Crippen molar-refractivity contribution in [1.82, 2.24) is 10.6 Å². The van der Waals surface area contributed by atoms with Crippen molar-refractivity contribution in [3.05, 3.63) is 0 Å². The summed E-state index contributed by atoms with van der Waals surface area (Å²) in [5.74, 6) is 1.33.